The van der Waals surface area contributed by atoms with Gasteiger partial charge in [0.2, 0.25) is 5.91 Å². The Bertz CT molecular complexity index is 1670. The number of nitrogens with zero attached hydrogens (tertiary/aromatic N) is 1. The molecule has 1 spiro atoms. The minimum Gasteiger partial charge on any atom is -0.480 e. The van der Waals surface area contributed by atoms with E-state index in [0.717, 1.165) is 5.56 Å². The molecule has 1 amide bonds. The lowest BCUT2D eigenvalue weighted by molar-refractivity contribution is -0.145. The number of anilines is 1. The molecule has 0 aromatic heterocycles. The minimum atomic E-state index is -1.31. The van der Waals surface area contributed by atoms with E-state index in [2.05, 4.69) is 19.2 Å². The number of hydrogen-bond donors (Lipinski definition) is 3. The molecule has 2 heterocycles. The van der Waals surface area contributed by atoms with E-state index >= 15 is 0 Å². The summed E-state index contributed by atoms with van der Waals surface area (Å²) in [4.78, 5) is 30.3. The lowest BCUT2D eigenvalue weighted by Gasteiger charge is -2.42. The summed E-state index contributed by atoms with van der Waals surface area (Å²) in [6.45, 7) is 4.14. The molecule has 0 aliphatic carbocycles. The maximum atomic E-state index is 14.7. The van der Waals surface area contributed by atoms with Crippen molar-refractivity contribution in [3.8, 4) is 0 Å². The highest BCUT2D eigenvalue weighted by Crippen LogP contribution is 2.62. The molecule has 6 rings (SSSR count). The van der Waals surface area contributed by atoms with E-state index < -0.39 is 41.5 Å². The van der Waals surface area contributed by atoms with Gasteiger partial charge in [-0.1, -0.05) is 116 Å². The first-order chi connectivity index (χ1) is 21.1. The summed E-state index contributed by atoms with van der Waals surface area (Å²) in [5.74, 6) is -2.09. The SMILES string of the molecule is CC(C)CC1N(C(c2ccccc2)C(O)c2ccccc2)C(C(=O)O)C(c2ccc(Cl)cc2)C12C(=O)Nc1cc(Cl)ccc12. The summed E-state index contributed by atoms with van der Waals surface area (Å²) in [6.07, 6.45) is -0.598. The molecule has 1 fully saturated rings. The maximum Gasteiger partial charge on any atom is 0.321 e. The van der Waals surface area contributed by atoms with Crippen LogP contribution in [0, 0.1) is 5.92 Å². The summed E-state index contributed by atoms with van der Waals surface area (Å²) in [5.41, 5.74) is 2.04. The Balaban J connectivity index is 1.69. The van der Waals surface area contributed by atoms with Gasteiger partial charge < -0.3 is 15.5 Å². The number of likely N-dealkylation sites (tertiary alicyclic amines) is 1. The number of nitrogens with one attached hydrogen (secondary N) is 1. The van der Waals surface area contributed by atoms with Crippen molar-refractivity contribution in [2.45, 2.75) is 55.8 Å². The van der Waals surface area contributed by atoms with Gasteiger partial charge in [0.25, 0.3) is 0 Å². The van der Waals surface area contributed by atoms with E-state index in [1.54, 1.807) is 24.3 Å². The lowest BCUT2D eigenvalue weighted by atomic mass is 9.63. The summed E-state index contributed by atoms with van der Waals surface area (Å²) < 4.78 is 0. The molecule has 4 aromatic carbocycles. The molecule has 0 saturated carbocycles. The van der Waals surface area contributed by atoms with E-state index in [4.69, 9.17) is 23.2 Å². The first-order valence-corrected chi connectivity index (χ1v) is 15.5. The van der Waals surface area contributed by atoms with E-state index in [0.29, 0.717) is 38.8 Å². The van der Waals surface area contributed by atoms with Crippen molar-refractivity contribution in [1.29, 1.82) is 0 Å². The Hall–Kier alpha value is -3.68. The monoisotopic (exact) mass is 628 g/mol. The second-order valence-electron chi connectivity index (χ2n) is 12.1. The highest BCUT2D eigenvalue weighted by atomic mass is 35.5. The van der Waals surface area contributed by atoms with Gasteiger partial charge in [-0.05, 0) is 58.9 Å². The summed E-state index contributed by atoms with van der Waals surface area (Å²) in [6, 6.07) is 28.6. The second-order valence-corrected chi connectivity index (χ2v) is 13.0. The summed E-state index contributed by atoms with van der Waals surface area (Å²) >= 11 is 12.7. The second kappa shape index (κ2) is 12.0. The quantitative estimate of drug-likeness (QED) is 0.187. The van der Waals surface area contributed by atoms with Crippen molar-refractivity contribution in [3.63, 3.8) is 0 Å². The number of carbonyl (C=O) groups excluding carboxylic acids is 1. The van der Waals surface area contributed by atoms with E-state index in [1.807, 2.05) is 83.8 Å². The fourth-order valence-corrected chi connectivity index (χ4v) is 7.83. The Morgan fingerprint density at radius 1 is 0.886 bits per heavy atom. The van der Waals surface area contributed by atoms with Crippen LogP contribution >= 0.6 is 23.2 Å². The number of carboxylic acid groups (broad SMARTS) is 1. The van der Waals surface area contributed by atoms with Crippen molar-refractivity contribution < 1.29 is 19.8 Å². The van der Waals surface area contributed by atoms with Gasteiger partial charge in [0.15, 0.2) is 0 Å². The fourth-order valence-electron chi connectivity index (χ4n) is 7.53. The van der Waals surface area contributed by atoms with E-state index in [9.17, 15) is 19.8 Å². The molecule has 226 valence electrons. The van der Waals surface area contributed by atoms with Crippen molar-refractivity contribution >= 4 is 40.8 Å². The highest BCUT2D eigenvalue weighted by Gasteiger charge is 2.70. The molecule has 0 radical (unpaired) electrons. The van der Waals surface area contributed by atoms with Gasteiger partial charge in [0.05, 0.1) is 12.1 Å². The van der Waals surface area contributed by atoms with Gasteiger partial charge in [-0.3, -0.25) is 14.5 Å². The highest BCUT2D eigenvalue weighted by molar-refractivity contribution is 6.31. The normalized spacial score (nSPS) is 24.3. The third-order valence-corrected chi connectivity index (χ3v) is 9.63. The zero-order valence-corrected chi connectivity index (χ0v) is 25.9. The van der Waals surface area contributed by atoms with Crippen molar-refractivity contribution in [1.82, 2.24) is 4.90 Å². The van der Waals surface area contributed by atoms with E-state index in [1.165, 1.54) is 0 Å². The molecule has 6 unspecified atom stereocenters. The number of rotatable bonds is 8. The van der Waals surface area contributed by atoms with Crippen molar-refractivity contribution in [2.75, 3.05) is 5.32 Å². The topological polar surface area (TPSA) is 89.9 Å². The average molecular weight is 630 g/mol. The maximum absolute atomic E-state index is 14.7. The number of halogens is 2. The lowest BCUT2D eigenvalue weighted by Crippen LogP contribution is -2.51. The number of aliphatic carboxylic acids is 1. The van der Waals surface area contributed by atoms with Crippen LogP contribution < -0.4 is 5.32 Å². The van der Waals surface area contributed by atoms with Crippen LogP contribution in [0.15, 0.2) is 103 Å². The first-order valence-electron chi connectivity index (χ1n) is 14.8. The molecule has 4 aromatic rings. The number of aliphatic hydroxyl groups is 1. The van der Waals surface area contributed by atoms with Crippen LogP contribution in [-0.2, 0) is 15.0 Å². The molecule has 1 saturated heterocycles. The number of carboxylic acids is 1. The number of hydrogen-bond acceptors (Lipinski definition) is 4. The predicted octanol–water partition coefficient (Wildman–Crippen LogP) is 7.63. The van der Waals surface area contributed by atoms with E-state index in [-0.39, 0.29) is 11.8 Å². The zero-order chi connectivity index (χ0) is 31.2. The van der Waals surface area contributed by atoms with Crippen LogP contribution in [0.4, 0.5) is 5.69 Å². The Labute approximate surface area is 267 Å². The van der Waals surface area contributed by atoms with Gasteiger partial charge in [0, 0.05) is 27.7 Å². The number of benzene rings is 4. The van der Waals surface area contributed by atoms with Gasteiger partial charge in [-0.25, -0.2) is 0 Å². The molecular formula is C36H34Cl2N2O4. The molecule has 6 nitrogen and oxygen atoms in total. The van der Waals surface area contributed by atoms with Crippen molar-refractivity contribution in [3.05, 3.63) is 135 Å². The standard InChI is InChI=1S/C36H34Cl2N2O4/c1-21(2)19-29-36(27-18-17-26(38)20-28(27)39-35(36)44)30(22-13-15-25(37)16-14-22)32(34(42)43)40(29)31(23-9-5-3-6-10-23)33(41)24-11-7-4-8-12-24/h3-18,20-21,29-33,41H,19H2,1-2H3,(H,39,44)(H,42,43). The average Bonchev–Trinajstić information content (AvgIpc) is 3.45. The Morgan fingerprint density at radius 3 is 2.07 bits per heavy atom. The molecule has 8 heteroatoms. The summed E-state index contributed by atoms with van der Waals surface area (Å²) in [7, 11) is 0. The van der Waals surface area contributed by atoms with Gasteiger partial charge in [-0.15, -0.1) is 0 Å². The number of amides is 1. The van der Waals surface area contributed by atoms with Crippen LogP contribution in [0.25, 0.3) is 0 Å². The molecule has 2 aliphatic rings. The van der Waals surface area contributed by atoms with Gasteiger partial charge >= 0.3 is 5.97 Å². The van der Waals surface area contributed by atoms with Crippen LogP contribution in [0.2, 0.25) is 10.0 Å². The minimum absolute atomic E-state index is 0.0900. The van der Waals surface area contributed by atoms with Crippen LogP contribution in [0.3, 0.4) is 0 Å². The fraction of sp³-hybridized carbons (Fsp3) is 0.278. The van der Waals surface area contributed by atoms with Crippen LogP contribution in [0.1, 0.15) is 60.6 Å². The molecule has 0 bridgehead atoms. The number of aliphatic hydroxyl groups excluding tert-OH is 1. The third kappa shape index (κ3) is 5.00. The van der Waals surface area contributed by atoms with Gasteiger partial charge in [-0.2, -0.15) is 0 Å². The first kappa shape index (κ1) is 30.4. The number of fused-ring (bicyclic) bond motifs is 2. The molecular weight excluding hydrogens is 595 g/mol. The van der Waals surface area contributed by atoms with Gasteiger partial charge in [0.1, 0.15) is 11.5 Å². The Kier molecular flexibility index (Phi) is 8.29. The smallest absolute Gasteiger partial charge is 0.321 e. The predicted molar refractivity (Wildman–Crippen MR) is 173 cm³/mol. The zero-order valence-electron chi connectivity index (χ0n) is 24.4. The summed E-state index contributed by atoms with van der Waals surface area (Å²) in [5, 5.41) is 27.4. The molecule has 6 atom stereocenters. The van der Waals surface area contributed by atoms with Crippen LogP contribution in [-0.4, -0.2) is 39.1 Å². The largest absolute Gasteiger partial charge is 0.480 e. The molecule has 3 N–H and O–H groups in total. The van der Waals surface area contributed by atoms with Crippen molar-refractivity contribution in [2.24, 2.45) is 5.92 Å². The molecule has 44 heavy (non-hydrogen) atoms. The number of carbonyl (C=O) groups is 2. The molecule has 2 aliphatic heterocycles. The third-order valence-electron chi connectivity index (χ3n) is 9.14. The van der Waals surface area contributed by atoms with Crippen LogP contribution in [0.5, 0.6) is 0 Å². The Morgan fingerprint density at radius 2 is 1.48 bits per heavy atom.